The van der Waals surface area contributed by atoms with Crippen LogP contribution in [0.1, 0.15) is 19.5 Å². The Labute approximate surface area is 242 Å². The lowest BCUT2D eigenvalue weighted by molar-refractivity contribution is -0.689. The van der Waals surface area contributed by atoms with Crippen molar-refractivity contribution in [2.24, 2.45) is 5.16 Å². The predicted molar refractivity (Wildman–Crippen MR) is 144 cm³/mol. The van der Waals surface area contributed by atoms with E-state index in [1.165, 1.54) is 31.0 Å². The van der Waals surface area contributed by atoms with Gasteiger partial charge in [0, 0.05) is 28.8 Å². The molecule has 0 saturated carbocycles. The average Bonchev–Trinajstić information content (AvgIpc) is 3.28. The average molecular weight is 620 g/mol. The zero-order valence-electron chi connectivity index (χ0n) is 20.4. The van der Waals surface area contributed by atoms with Crippen LogP contribution in [0.3, 0.4) is 0 Å². The molecule has 2 unspecified atom stereocenters. The van der Waals surface area contributed by atoms with Crippen LogP contribution in [-0.4, -0.2) is 67.2 Å². The number of halogens is 2. The number of thiazole rings is 1. The second-order valence-corrected chi connectivity index (χ2v) is 10.6. The van der Waals surface area contributed by atoms with Crippen molar-refractivity contribution in [1.29, 1.82) is 0 Å². The highest BCUT2D eigenvalue weighted by molar-refractivity contribution is 8.00. The number of rotatable bonds is 9. The molecule has 0 bridgehead atoms. The maximum Gasteiger partial charge on any atom is 0.350 e. The van der Waals surface area contributed by atoms with Crippen LogP contribution >= 0.6 is 47.9 Å². The summed E-state index contributed by atoms with van der Waals surface area (Å²) in [4.78, 5) is 59.6. The highest BCUT2D eigenvalue weighted by Crippen LogP contribution is 2.40. The van der Waals surface area contributed by atoms with Crippen molar-refractivity contribution in [1.82, 2.24) is 15.2 Å². The fourth-order valence-corrected chi connectivity index (χ4v) is 5.45. The van der Waals surface area contributed by atoms with E-state index >= 15 is 0 Å². The Morgan fingerprint density at radius 3 is 2.54 bits per heavy atom. The van der Waals surface area contributed by atoms with Gasteiger partial charge in [-0.1, -0.05) is 11.2 Å². The van der Waals surface area contributed by atoms with Crippen LogP contribution in [-0.2, 0) is 30.6 Å². The molecule has 210 valence electrons. The zero-order chi connectivity index (χ0) is 26.9. The number of thioether (sulfide) groups is 1. The van der Waals surface area contributed by atoms with E-state index in [2.05, 4.69) is 15.5 Å². The van der Waals surface area contributed by atoms with Crippen molar-refractivity contribution in [2.75, 3.05) is 11.5 Å². The molecule has 13 nitrogen and oxygen atoms in total. The van der Waals surface area contributed by atoms with Crippen LogP contribution in [0.15, 0.2) is 52.4 Å². The first-order chi connectivity index (χ1) is 17.5. The van der Waals surface area contributed by atoms with E-state index in [9.17, 15) is 29.4 Å². The molecule has 1 saturated heterocycles. The number of carboxylic acids is 2. The summed E-state index contributed by atoms with van der Waals surface area (Å²) in [5.41, 5.74) is 3.83. The van der Waals surface area contributed by atoms with E-state index in [-0.39, 0.29) is 53.6 Å². The molecule has 0 aliphatic carbocycles. The lowest BCUT2D eigenvalue weighted by Crippen LogP contribution is -2.71. The molecule has 39 heavy (non-hydrogen) atoms. The molecule has 2 aliphatic rings. The van der Waals surface area contributed by atoms with Gasteiger partial charge in [-0.15, -0.1) is 47.9 Å². The fraction of sp³-hybridized carbons (Fsp3) is 0.318. The molecule has 17 heteroatoms. The van der Waals surface area contributed by atoms with Gasteiger partial charge in [0.05, 0.1) is 11.7 Å². The SMILES string of the molecule is CC(C)(ON=C(C(=O)NC1C(=O)N2C(C(=O)[O-])=C(C[n+]3ccccc3)CSC12)c1csc(N)n1)C(=O)O.Cl.Cl. The monoisotopic (exact) mass is 618 g/mol. The second kappa shape index (κ2) is 12.6. The standard InChI is InChI=1S/C22H22N6O7S2.2ClH/c1-22(2,20(33)34)35-26-13(12-10-37-21(23)24-12)16(29)25-14-17(30)28-15(19(31)32)11(9-36-18(14)28)8-27-6-4-3-5-7-27;;/h3-7,10,14,18H,8-9H2,1-2H3,(H4-,23,24,25,29,31,32,33,34);2*1H. The van der Waals surface area contributed by atoms with Gasteiger partial charge in [-0.05, 0) is 13.8 Å². The van der Waals surface area contributed by atoms with Crippen LogP contribution in [0.25, 0.3) is 0 Å². The van der Waals surface area contributed by atoms with E-state index < -0.39 is 40.8 Å². The molecule has 0 spiro atoms. The Morgan fingerprint density at radius 2 is 1.97 bits per heavy atom. The number of carbonyl (C=O) groups is 4. The number of fused-ring (bicyclic) bond motifs is 1. The maximum absolute atomic E-state index is 13.1. The summed E-state index contributed by atoms with van der Waals surface area (Å²) < 4.78 is 1.78. The van der Waals surface area contributed by atoms with Crippen molar-refractivity contribution in [3.8, 4) is 0 Å². The predicted octanol–water partition coefficient (Wildman–Crippen LogP) is -0.456. The van der Waals surface area contributed by atoms with Crippen molar-refractivity contribution in [3.63, 3.8) is 0 Å². The number of oxime groups is 1. The number of amides is 2. The smallest absolute Gasteiger partial charge is 0.350 e. The van der Waals surface area contributed by atoms with Gasteiger partial charge in [0.1, 0.15) is 17.1 Å². The summed E-state index contributed by atoms with van der Waals surface area (Å²) in [7, 11) is 0. The molecule has 2 aliphatic heterocycles. The lowest BCUT2D eigenvalue weighted by Gasteiger charge is -2.50. The number of nitrogens with zero attached hydrogens (tertiary/aromatic N) is 4. The first-order valence-electron chi connectivity index (χ1n) is 10.8. The topological polar surface area (TPSA) is 191 Å². The van der Waals surface area contributed by atoms with Crippen molar-refractivity contribution in [2.45, 2.75) is 37.4 Å². The molecule has 4 rings (SSSR count). The Hall–Kier alpha value is -3.40. The molecular formula is C22H24Cl2N6O7S2. The summed E-state index contributed by atoms with van der Waals surface area (Å²) in [5, 5.41) is 28.4. The second-order valence-electron chi connectivity index (χ2n) is 8.57. The van der Waals surface area contributed by atoms with Crippen LogP contribution < -0.4 is 20.7 Å². The van der Waals surface area contributed by atoms with Crippen LogP contribution in [0.4, 0.5) is 5.13 Å². The van der Waals surface area contributed by atoms with E-state index in [1.807, 2.05) is 6.07 Å². The van der Waals surface area contributed by atoms with Gasteiger partial charge in [-0.25, -0.2) is 14.3 Å². The zero-order valence-corrected chi connectivity index (χ0v) is 23.7. The molecule has 4 heterocycles. The molecule has 4 N–H and O–H groups in total. The quantitative estimate of drug-likeness (QED) is 0.143. The summed E-state index contributed by atoms with van der Waals surface area (Å²) in [6.45, 7) is 2.74. The number of pyridine rings is 1. The number of nitrogens with one attached hydrogen (secondary N) is 1. The number of anilines is 1. The summed E-state index contributed by atoms with van der Waals surface area (Å²) in [6.07, 6.45) is 3.55. The third-order valence-electron chi connectivity index (χ3n) is 5.54. The van der Waals surface area contributed by atoms with E-state index in [1.54, 1.807) is 29.1 Å². The molecule has 2 aromatic rings. The van der Waals surface area contributed by atoms with E-state index in [4.69, 9.17) is 10.6 Å². The first kappa shape index (κ1) is 31.8. The third-order valence-corrected chi connectivity index (χ3v) is 7.55. The van der Waals surface area contributed by atoms with Crippen molar-refractivity contribution < 1.29 is 38.8 Å². The van der Waals surface area contributed by atoms with Crippen molar-refractivity contribution in [3.05, 3.63) is 52.9 Å². The maximum atomic E-state index is 13.1. The Morgan fingerprint density at radius 1 is 1.31 bits per heavy atom. The summed E-state index contributed by atoms with van der Waals surface area (Å²) in [6, 6.07) is 4.36. The third kappa shape index (κ3) is 6.61. The molecule has 2 aromatic heterocycles. The summed E-state index contributed by atoms with van der Waals surface area (Å²) >= 11 is 2.32. The number of nitrogens with two attached hydrogens (primary N) is 1. The Balaban J connectivity index is 0.00000267. The number of β-lactam (4-membered cyclic amide) rings is 1. The van der Waals surface area contributed by atoms with Gasteiger partial charge in [-0.3, -0.25) is 14.5 Å². The highest BCUT2D eigenvalue weighted by atomic mass is 35.5. The Kier molecular flexibility index (Phi) is 10.3. The fourth-order valence-electron chi connectivity index (χ4n) is 3.56. The van der Waals surface area contributed by atoms with Crippen LogP contribution in [0, 0.1) is 0 Å². The number of aromatic nitrogens is 2. The van der Waals surface area contributed by atoms with Gasteiger partial charge < -0.3 is 30.9 Å². The minimum Gasteiger partial charge on any atom is -0.543 e. The summed E-state index contributed by atoms with van der Waals surface area (Å²) in [5.74, 6) is -4.01. The number of carbonyl (C=O) groups excluding carboxylic acids is 3. The molecular weight excluding hydrogens is 595 g/mol. The van der Waals surface area contributed by atoms with E-state index in [0.29, 0.717) is 11.3 Å². The number of carboxylic acid groups (broad SMARTS) is 2. The normalized spacial score (nSPS) is 18.7. The molecule has 0 radical (unpaired) electrons. The molecule has 2 amide bonds. The number of hydrogen-bond acceptors (Lipinski definition) is 11. The molecule has 0 aromatic carbocycles. The lowest BCUT2D eigenvalue weighted by atomic mass is 10.0. The first-order valence-corrected chi connectivity index (χ1v) is 12.8. The van der Waals surface area contributed by atoms with Gasteiger partial charge in [0.2, 0.25) is 5.60 Å². The van der Waals surface area contributed by atoms with E-state index in [0.717, 1.165) is 16.2 Å². The number of nitrogen functional groups attached to an aromatic ring is 1. The minimum absolute atomic E-state index is 0. The number of aliphatic carboxylic acids is 2. The van der Waals surface area contributed by atoms with Crippen LogP contribution in [0.5, 0.6) is 0 Å². The van der Waals surface area contributed by atoms with Crippen LogP contribution in [0.2, 0.25) is 0 Å². The largest absolute Gasteiger partial charge is 0.543 e. The van der Waals surface area contributed by atoms with Gasteiger partial charge >= 0.3 is 5.97 Å². The molecule has 1 fully saturated rings. The Bertz CT molecular complexity index is 1340. The number of hydrogen-bond donors (Lipinski definition) is 3. The molecule has 2 atom stereocenters. The van der Waals surface area contributed by atoms with Gasteiger partial charge in [0.25, 0.3) is 11.8 Å². The highest BCUT2D eigenvalue weighted by Gasteiger charge is 2.53. The minimum atomic E-state index is -1.75. The van der Waals surface area contributed by atoms with Crippen molar-refractivity contribution >= 4 is 82.5 Å². The van der Waals surface area contributed by atoms with Gasteiger partial charge in [0.15, 0.2) is 29.8 Å². The van der Waals surface area contributed by atoms with Gasteiger partial charge in [-0.2, -0.15) is 0 Å².